The van der Waals surface area contributed by atoms with Crippen molar-refractivity contribution in [1.82, 2.24) is 0 Å². The van der Waals surface area contributed by atoms with Crippen LogP contribution in [0.3, 0.4) is 0 Å². The van der Waals surface area contributed by atoms with Crippen LogP contribution in [0.4, 0.5) is 0 Å². The molecule has 92 valence electrons. The Balaban J connectivity index is 2.55. The summed E-state index contributed by atoms with van der Waals surface area (Å²) in [5, 5.41) is 8.55. The molecule has 0 saturated heterocycles. The zero-order valence-electron chi connectivity index (χ0n) is 9.97. The summed E-state index contributed by atoms with van der Waals surface area (Å²) < 4.78 is 5.39. The van der Waals surface area contributed by atoms with E-state index in [9.17, 15) is 9.59 Å². The highest BCUT2D eigenvalue weighted by atomic mass is 16.5. The topological polar surface area (TPSA) is 63.6 Å². The average Bonchev–Trinajstić information content (AvgIpc) is 2.28. The Morgan fingerprint density at radius 1 is 1.29 bits per heavy atom. The second-order valence-corrected chi connectivity index (χ2v) is 3.91. The van der Waals surface area contributed by atoms with Crippen LogP contribution in [0.1, 0.15) is 25.8 Å². The molecule has 17 heavy (non-hydrogen) atoms. The molecule has 0 fully saturated rings. The summed E-state index contributed by atoms with van der Waals surface area (Å²) in [6, 6.07) is 7.11. The molecule has 4 nitrogen and oxygen atoms in total. The molecule has 0 aliphatic carbocycles. The number of carbonyl (C=O) groups excluding carboxylic acids is 1. The largest absolute Gasteiger partial charge is 0.483 e. The van der Waals surface area contributed by atoms with Crippen LogP contribution in [0.15, 0.2) is 24.3 Å². The molecule has 0 bridgehead atoms. The standard InChI is InChI=1S/C13H16O4/c1-9(14)10(2)17-12-6-3-11(4-7-12)5-8-13(15)16/h3-4,6-7,10H,5,8H2,1-2H3,(H,15,16). The Bertz CT molecular complexity index is 394. The molecule has 1 N–H and O–H groups in total. The minimum atomic E-state index is -0.810. The predicted octanol–water partition coefficient (Wildman–Crippen LogP) is 2.06. The molecule has 4 heteroatoms. The number of ether oxygens (including phenoxy) is 1. The monoisotopic (exact) mass is 236 g/mol. The maximum absolute atomic E-state index is 11.0. The van der Waals surface area contributed by atoms with Crippen LogP contribution in [-0.2, 0) is 16.0 Å². The van der Waals surface area contributed by atoms with Gasteiger partial charge in [-0.25, -0.2) is 0 Å². The van der Waals surface area contributed by atoms with Crippen molar-refractivity contribution in [3.05, 3.63) is 29.8 Å². The van der Waals surface area contributed by atoms with Crippen LogP contribution in [0.2, 0.25) is 0 Å². The summed E-state index contributed by atoms with van der Waals surface area (Å²) in [4.78, 5) is 21.4. The smallest absolute Gasteiger partial charge is 0.303 e. The van der Waals surface area contributed by atoms with E-state index in [4.69, 9.17) is 9.84 Å². The van der Waals surface area contributed by atoms with Crippen LogP contribution in [0.25, 0.3) is 0 Å². The van der Waals surface area contributed by atoms with Crippen molar-refractivity contribution in [1.29, 1.82) is 0 Å². The van der Waals surface area contributed by atoms with Crippen molar-refractivity contribution >= 4 is 11.8 Å². The van der Waals surface area contributed by atoms with Crippen LogP contribution in [0.5, 0.6) is 5.75 Å². The summed E-state index contributed by atoms with van der Waals surface area (Å²) >= 11 is 0. The van der Waals surface area contributed by atoms with Crippen LogP contribution in [-0.4, -0.2) is 23.0 Å². The molecule has 1 aromatic carbocycles. The van der Waals surface area contributed by atoms with E-state index in [2.05, 4.69) is 0 Å². The van der Waals surface area contributed by atoms with Crippen molar-refractivity contribution in [2.75, 3.05) is 0 Å². The Morgan fingerprint density at radius 2 is 1.88 bits per heavy atom. The number of ketones is 1. The van der Waals surface area contributed by atoms with Gasteiger partial charge in [-0.15, -0.1) is 0 Å². The zero-order valence-corrected chi connectivity index (χ0v) is 9.97. The van der Waals surface area contributed by atoms with Gasteiger partial charge in [-0.2, -0.15) is 0 Å². The van der Waals surface area contributed by atoms with E-state index >= 15 is 0 Å². The number of aliphatic carboxylic acids is 1. The average molecular weight is 236 g/mol. The van der Waals surface area contributed by atoms with Gasteiger partial charge in [-0.3, -0.25) is 9.59 Å². The molecule has 1 rings (SSSR count). The number of Topliss-reactive ketones (excluding diaryl/α,β-unsaturated/α-hetero) is 1. The van der Waals surface area contributed by atoms with Gasteiger partial charge in [0.25, 0.3) is 0 Å². The van der Waals surface area contributed by atoms with Gasteiger partial charge < -0.3 is 9.84 Å². The maximum atomic E-state index is 11.0. The van der Waals surface area contributed by atoms with Gasteiger partial charge in [-0.05, 0) is 38.0 Å². The maximum Gasteiger partial charge on any atom is 0.303 e. The summed E-state index contributed by atoms with van der Waals surface area (Å²) in [5.41, 5.74) is 0.940. The number of carboxylic acids is 1. The second-order valence-electron chi connectivity index (χ2n) is 3.91. The molecule has 0 aromatic heterocycles. The zero-order chi connectivity index (χ0) is 12.8. The van der Waals surface area contributed by atoms with Crippen LogP contribution >= 0.6 is 0 Å². The third-order valence-electron chi connectivity index (χ3n) is 2.44. The normalized spacial score (nSPS) is 11.9. The first kappa shape index (κ1) is 13.2. The van der Waals surface area contributed by atoms with E-state index in [1.165, 1.54) is 6.92 Å². The van der Waals surface area contributed by atoms with Gasteiger partial charge in [0.2, 0.25) is 0 Å². The number of carboxylic acid groups (broad SMARTS) is 1. The summed E-state index contributed by atoms with van der Waals surface area (Å²) in [7, 11) is 0. The molecule has 1 unspecified atom stereocenters. The van der Waals surface area contributed by atoms with Gasteiger partial charge in [-0.1, -0.05) is 12.1 Å². The molecule has 0 aliphatic heterocycles. The van der Waals surface area contributed by atoms with E-state index in [0.717, 1.165) is 5.56 Å². The summed E-state index contributed by atoms with van der Waals surface area (Å²) in [6.07, 6.45) is 0.155. The number of aryl methyl sites for hydroxylation is 1. The third-order valence-corrected chi connectivity index (χ3v) is 2.44. The minimum absolute atomic E-state index is 0.0278. The summed E-state index contributed by atoms with van der Waals surface area (Å²) in [6.45, 7) is 3.17. The van der Waals surface area contributed by atoms with E-state index in [-0.39, 0.29) is 12.2 Å². The lowest BCUT2D eigenvalue weighted by molar-refractivity contribution is -0.137. The molecule has 0 radical (unpaired) electrons. The van der Waals surface area contributed by atoms with Crippen LogP contribution in [0, 0.1) is 0 Å². The third kappa shape index (κ3) is 4.68. The lowest BCUT2D eigenvalue weighted by Crippen LogP contribution is -2.20. The molecule has 1 aromatic rings. The van der Waals surface area contributed by atoms with Crippen molar-refractivity contribution in [3.63, 3.8) is 0 Å². The highest BCUT2D eigenvalue weighted by Gasteiger charge is 2.08. The first-order valence-electron chi connectivity index (χ1n) is 5.47. The van der Waals surface area contributed by atoms with E-state index < -0.39 is 12.1 Å². The Hall–Kier alpha value is -1.84. The number of benzene rings is 1. The first-order chi connectivity index (χ1) is 7.99. The predicted molar refractivity (Wildman–Crippen MR) is 63.2 cm³/mol. The fourth-order valence-corrected chi connectivity index (χ4v) is 1.27. The Labute approximate surface area is 100 Å². The lowest BCUT2D eigenvalue weighted by Gasteiger charge is -2.11. The molecule has 0 amide bonds. The molecule has 0 aliphatic rings. The molecule has 1 atom stereocenters. The summed E-state index contributed by atoms with van der Waals surface area (Å²) in [5.74, 6) is -0.220. The number of hydrogen-bond donors (Lipinski definition) is 1. The molecular weight excluding hydrogens is 220 g/mol. The van der Waals surface area contributed by atoms with Crippen molar-refractivity contribution < 1.29 is 19.4 Å². The van der Waals surface area contributed by atoms with E-state index in [1.54, 1.807) is 19.1 Å². The Morgan fingerprint density at radius 3 is 2.35 bits per heavy atom. The second kappa shape index (κ2) is 6.03. The fraction of sp³-hybridized carbons (Fsp3) is 0.385. The fourth-order valence-electron chi connectivity index (χ4n) is 1.27. The number of hydrogen-bond acceptors (Lipinski definition) is 3. The first-order valence-corrected chi connectivity index (χ1v) is 5.47. The van der Waals surface area contributed by atoms with Gasteiger partial charge >= 0.3 is 5.97 Å². The Kier molecular flexibility index (Phi) is 4.69. The number of carbonyl (C=O) groups is 2. The minimum Gasteiger partial charge on any atom is -0.483 e. The van der Waals surface area contributed by atoms with Gasteiger partial charge in [0.1, 0.15) is 5.75 Å². The molecule has 0 spiro atoms. The van der Waals surface area contributed by atoms with E-state index in [0.29, 0.717) is 12.2 Å². The van der Waals surface area contributed by atoms with Crippen LogP contribution < -0.4 is 4.74 Å². The quantitative estimate of drug-likeness (QED) is 0.821. The molecule has 0 saturated carbocycles. The van der Waals surface area contributed by atoms with Crippen molar-refractivity contribution in [2.24, 2.45) is 0 Å². The van der Waals surface area contributed by atoms with Gasteiger partial charge in [0.15, 0.2) is 11.9 Å². The van der Waals surface area contributed by atoms with Gasteiger partial charge in [0, 0.05) is 6.42 Å². The highest BCUT2D eigenvalue weighted by Crippen LogP contribution is 2.15. The lowest BCUT2D eigenvalue weighted by atomic mass is 10.1. The van der Waals surface area contributed by atoms with E-state index in [1.807, 2.05) is 12.1 Å². The molecular formula is C13H16O4. The van der Waals surface area contributed by atoms with Gasteiger partial charge in [0.05, 0.1) is 0 Å². The SMILES string of the molecule is CC(=O)C(C)Oc1ccc(CCC(=O)O)cc1. The van der Waals surface area contributed by atoms with Crippen molar-refractivity contribution in [3.8, 4) is 5.75 Å². The highest BCUT2D eigenvalue weighted by molar-refractivity contribution is 5.80. The van der Waals surface area contributed by atoms with Crippen molar-refractivity contribution in [2.45, 2.75) is 32.8 Å². The molecule has 0 heterocycles. The number of rotatable bonds is 6.